The second-order valence-electron chi connectivity index (χ2n) is 6.39. The van der Waals surface area contributed by atoms with Crippen molar-refractivity contribution >= 4 is 11.3 Å². The molecule has 1 aliphatic rings. The summed E-state index contributed by atoms with van der Waals surface area (Å²) in [4.78, 5) is 11.2. The van der Waals surface area contributed by atoms with Gasteiger partial charge in [0.15, 0.2) is 0 Å². The van der Waals surface area contributed by atoms with Gasteiger partial charge in [0, 0.05) is 32.0 Å². The van der Waals surface area contributed by atoms with Gasteiger partial charge in [-0.15, -0.1) is 0 Å². The molecule has 0 bridgehead atoms. The number of rotatable bonds is 6. The van der Waals surface area contributed by atoms with E-state index in [-0.39, 0.29) is 0 Å². The van der Waals surface area contributed by atoms with Crippen molar-refractivity contribution in [1.82, 2.24) is 19.4 Å². The first-order chi connectivity index (χ1) is 12.3. The number of fused-ring (bicyclic) bond motifs is 1. The fraction of sp³-hybridized carbons (Fsp3) is 0.368. The van der Waals surface area contributed by atoms with Crippen LogP contribution in [0.1, 0.15) is 35.6 Å². The van der Waals surface area contributed by atoms with Gasteiger partial charge in [0.2, 0.25) is 0 Å². The van der Waals surface area contributed by atoms with E-state index in [1.165, 1.54) is 5.56 Å². The average Bonchev–Trinajstić information content (AvgIpc) is 3.29. The summed E-state index contributed by atoms with van der Waals surface area (Å²) >= 11 is 1.76. The third kappa shape index (κ3) is 3.66. The maximum absolute atomic E-state index is 5.88. The van der Waals surface area contributed by atoms with Gasteiger partial charge in [0.1, 0.15) is 5.82 Å². The number of nitrogens with zero attached hydrogens (tertiary/aromatic N) is 4. The van der Waals surface area contributed by atoms with Crippen LogP contribution in [-0.2, 0) is 31.0 Å². The molecule has 0 radical (unpaired) electrons. The summed E-state index contributed by atoms with van der Waals surface area (Å²) in [6, 6.07) is 6.49. The molecule has 0 N–H and O–H groups in total. The van der Waals surface area contributed by atoms with E-state index in [0.717, 1.165) is 36.7 Å². The minimum atomic E-state index is 0.322. The zero-order chi connectivity index (χ0) is 17.1. The lowest BCUT2D eigenvalue weighted by atomic mass is 10.2. The van der Waals surface area contributed by atoms with Crippen molar-refractivity contribution in [1.29, 1.82) is 0 Å². The average molecular weight is 354 g/mol. The molecular formula is C19H22N4OS. The number of imidazole rings is 1. The Morgan fingerprint density at radius 3 is 2.84 bits per heavy atom. The van der Waals surface area contributed by atoms with Gasteiger partial charge in [-0.3, -0.25) is 9.88 Å². The van der Waals surface area contributed by atoms with Crippen molar-refractivity contribution in [3.63, 3.8) is 0 Å². The highest BCUT2D eigenvalue weighted by Gasteiger charge is 2.27. The number of ether oxygens (including phenoxy) is 1. The van der Waals surface area contributed by atoms with Crippen LogP contribution < -0.4 is 0 Å². The number of aromatic nitrogens is 3. The molecule has 3 aromatic rings. The molecule has 1 atom stereocenters. The molecule has 0 saturated carbocycles. The smallest absolute Gasteiger partial charge is 0.126 e. The topological polar surface area (TPSA) is 43.2 Å². The maximum Gasteiger partial charge on any atom is 0.126 e. The molecule has 6 heteroatoms. The predicted octanol–water partition coefficient (Wildman–Crippen LogP) is 3.63. The minimum absolute atomic E-state index is 0.322. The Morgan fingerprint density at radius 2 is 2.04 bits per heavy atom. The van der Waals surface area contributed by atoms with E-state index in [1.54, 1.807) is 23.7 Å². The van der Waals surface area contributed by atoms with E-state index < -0.39 is 0 Å². The Hall–Kier alpha value is -2.02. The number of thiophene rings is 1. The van der Waals surface area contributed by atoms with E-state index in [2.05, 4.69) is 43.2 Å². The molecule has 0 spiro atoms. The van der Waals surface area contributed by atoms with Crippen LogP contribution in [-0.4, -0.2) is 26.0 Å². The molecule has 0 fully saturated rings. The van der Waals surface area contributed by atoms with Crippen molar-refractivity contribution in [2.45, 2.75) is 39.3 Å². The lowest BCUT2D eigenvalue weighted by molar-refractivity contribution is 0.0970. The molecule has 0 aliphatic carbocycles. The van der Waals surface area contributed by atoms with Gasteiger partial charge in [-0.05, 0) is 47.0 Å². The number of hydrogen-bond acceptors (Lipinski definition) is 5. The van der Waals surface area contributed by atoms with E-state index in [9.17, 15) is 0 Å². The Kier molecular flexibility index (Phi) is 4.92. The molecule has 0 saturated heterocycles. The molecule has 0 unspecified atom stereocenters. The summed E-state index contributed by atoms with van der Waals surface area (Å²) in [6.07, 6.45) is 5.55. The van der Waals surface area contributed by atoms with Crippen LogP contribution in [0.4, 0.5) is 0 Å². The molecule has 130 valence electrons. The lowest BCUT2D eigenvalue weighted by Crippen LogP contribution is -2.37. The highest BCUT2D eigenvalue weighted by Crippen LogP contribution is 2.27. The van der Waals surface area contributed by atoms with E-state index in [4.69, 9.17) is 4.74 Å². The monoisotopic (exact) mass is 354 g/mol. The third-order valence-electron chi connectivity index (χ3n) is 4.74. The van der Waals surface area contributed by atoms with Gasteiger partial charge in [-0.25, -0.2) is 4.98 Å². The van der Waals surface area contributed by atoms with Crippen LogP contribution in [0.25, 0.3) is 0 Å². The zero-order valence-corrected chi connectivity index (χ0v) is 15.2. The summed E-state index contributed by atoms with van der Waals surface area (Å²) in [5.74, 6) is 1.14. The van der Waals surface area contributed by atoms with Gasteiger partial charge in [-0.1, -0.05) is 0 Å². The van der Waals surface area contributed by atoms with Gasteiger partial charge >= 0.3 is 0 Å². The summed E-state index contributed by atoms with van der Waals surface area (Å²) in [6.45, 7) is 6.43. The molecule has 25 heavy (non-hydrogen) atoms. The Balaban J connectivity index is 1.39. The molecule has 1 aliphatic heterocycles. The van der Waals surface area contributed by atoms with Crippen molar-refractivity contribution in [2.75, 3.05) is 6.54 Å². The van der Waals surface area contributed by atoms with Crippen molar-refractivity contribution in [3.05, 3.63) is 70.2 Å². The van der Waals surface area contributed by atoms with Gasteiger partial charge in [0.05, 0.1) is 31.1 Å². The van der Waals surface area contributed by atoms with E-state index in [0.29, 0.717) is 19.3 Å². The molecule has 3 aromatic heterocycles. The Morgan fingerprint density at radius 1 is 1.16 bits per heavy atom. The minimum Gasteiger partial charge on any atom is -0.370 e. The van der Waals surface area contributed by atoms with Crippen molar-refractivity contribution < 1.29 is 4.74 Å². The van der Waals surface area contributed by atoms with E-state index in [1.807, 2.05) is 18.3 Å². The van der Waals surface area contributed by atoms with Crippen LogP contribution in [0.15, 0.2) is 47.5 Å². The summed E-state index contributed by atoms with van der Waals surface area (Å²) in [7, 11) is 0. The highest BCUT2D eigenvalue weighted by atomic mass is 32.1. The number of hydrogen-bond donors (Lipinski definition) is 0. The predicted molar refractivity (Wildman–Crippen MR) is 98.1 cm³/mol. The largest absolute Gasteiger partial charge is 0.370 e. The second-order valence-corrected chi connectivity index (χ2v) is 7.17. The van der Waals surface area contributed by atoms with Gasteiger partial charge in [0.25, 0.3) is 0 Å². The van der Waals surface area contributed by atoms with Crippen LogP contribution in [0.3, 0.4) is 0 Å². The van der Waals surface area contributed by atoms with Gasteiger partial charge < -0.3 is 9.30 Å². The molecule has 0 aromatic carbocycles. The third-order valence-corrected chi connectivity index (χ3v) is 5.47. The first-order valence-electron chi connectivity index (χ1n) is 8.57. The fourth-order valence-electron chi connectivity index (χ4n) is 3.30. The van der Waals surface area contributed by atoms with Crippen LogP contribution in [0.2, 0.25) is 0 Å². The lowest BCUT2D eigenvalue weighted by Gasteiger charge is -2.34. The maximum atomic E-state index is 5.88. The Bertz CT molecular complexity index is 800. The molecule has 4 heterocycles. The van der Waals surface area contributed by atoms with E-state index >= 15 is 0 Å². The normalized spacial score (nSPS) is 17.6. The second kappa shape index (κ2) is 7.47. The first kappa shape index (κ1) is 16.4. The molecule has 5 nitrogen and oxygen atoms in total. The van der Waals surface area contributed by atoms with Crippen LogP contribution in [0, 0.1) is 0 Å². The Labute approximate surface area is 151 Å². The summed E-state index contributed by atoms with van der Waals surface area (Å²) < 4.78 is 8.20. The fourth-order valence-corrected chi connectivity index (χ4v) is 3.96. The standard InChI is InChI=1S/C19H22N4OS/c1-15-19-21-10-18(13-24-12-16-2-5-20-6-3-16)23(19)8-7-22(15)11-17-4-9-25-14-17/h2-6,9-10,14-15H,7-8,11-13H2,1H3/t15-/m0/s1. The van der Waals surface area contributed by atoms with Crippen LogP contribution >= 0.6 is 11.3 Å². The number of pyridine rings is 1. The molecular weight excluding hydrogens is 332 g/mol. The van der Waals surface area contributed by atoms with Crippen molar-refractivity contribution in [3.8, 4) is 0 Å². The first-order valence-corrected chi connectivity index (χ1v) is 9.51. The quantitative estimate of drug-likeness (QED) is 0.678. The molecule has 4 rings (SSSR count). The highest BCUT2D eigenvalue weighted by molar-refractivity contribution is 7.07. The van der Waals surface area contributed by atoms with Crippen LogP contribution in [0.5, 0.6) is 0 Å². The summed E-state index contributed by atoms with van der Waals surface area (Å²) in [5.41, 5.74) is 3.69. The zero-order valence-electron chi connectivity index (χ0n) is 14.3. The van der Waals surface area contributed by atoms with Crippen molar-refractivity contribution in [2.24, 2.45) is 0 Å². The van der Waals surface area contributed by atoms with Gasteiger partial charge in [-0.2, -0.15) is 11.3 Å². The summed E-state index contributed by atoms with van der Waals surface area (Å²) in [5, 5.41) is 4.37. The SMILES string of the molecule is C[C@H]1c2ncc(COCc3ccncc3)n2CCN1Cc1ccsc1. The molecule has 0 amide bonds.